The molecule has 2 nitrogen and oxygen atoms in total. The summed E-state index contributed by atoms with van der Waals surface area (Å²) in [4.78, 5) is 0. The summed E-state index contributed by atoms with van der Waals surface area (Å²) in [5.41, 5.74) is 2.75. The van der Waals surface area contributed by atoms with E-state index < -0.39 is 0 Å². The van der Waals surface area contributed by atoms with Crippen molar-refractivity contribution < 1.29 is 4.74 Å². The lowest BCUT2D eigenvalue weighted by Gasteiger charge is -2.25. The molecule has 1 aromatic carbocycles. The summed E-state index contributed by atoms with van der Waals surface area (Å²) in [5.74, 6) is 0.592. The van der Waals surface area contributed by atoms with Crippen LogP contribution in [0.2, 0.25) is 0 Å². The summed E-state index contributed by atoms with van der Waals surface area (Å²) in [5, 5.41) is 3.59. The Morgan fingerprint density at radius 1 is 1.16 bits per heavy atom. The van der Waals surface area contributed by atoms with E-state index in [-0.39, 0.29) is 0 Å². The fourth-order valence-corrected chi connectivity index (χ4v) is 2.85. The molecule has 1 heterocycles. The van der Waals surface area contributed by atoms with E-state index in [0.29, 0.717) is 24.2 Å². The van der Waals surface area contributed by atoms with Gasteiger partial charge in [0, 0.05) is 0 Å². The van der Waals surface area contributed by atoms with Crippen LogP contribution in [0, 0.1) is 0 Å². The standard InChI is InChI=1S/C17H27NO/c1-5-18-17(16-11-6-13(4)19-16)15-9-7-14(8-10-15)12(2)3/h7-10,12-13,16-18H,5-6,11H2,1-4H3. The number of ether oxygens (including phenoxy) is 1. The molecule has 0 aliphatic carbocycles. The maximum Gasteiger partial charge on any atom is 0.0774 e. The first kappa shape index (κ1) is 14.5. The number of hydrogen-bond donors (Lipinski definition) is 1. The summed E-state index contributed by atoms with van der Waals surface area (Å²) in [6.07, 6.45) is 3.06. The number of likely N-dealkylation sites (N-methyl/N-ethyl adjacent to an activating group) is 1. The second kappa shape index (κ2) is 6.53. The third-order valence-electron chi connectivity index (χ3n) is 4.02. The summed E-state index contributed by atoms with van der Waals surface area (Å²) < 4.78 is 6.05. The monoisotopic (exact) mass is 261 g/mol. The molecule has 106 valence electrons. The van der Waals surface area contributed by atoms with Gasteiger partial charge >= 0.3 is 0 Å². The SMILES string of the molecule is CCNC(c1ccc(C(C)C)cc1)C1CCC(C)O1. The number of hydrogen-bond acceptors (Lipinski definition) is 2. The maximum absolute atomic E-state index is 6.05. The summed E-state index contributed by atoms with van der Waals surface area (Å²) in [6.45, 7) is 9.78. The highest BCUT2D eigenvalue weighted by molar-refractivity contribution is 5.27. The zero-order valence-electron chi connectivity index (χ0n) is 12.6. The minimum absolute atomic E-state index is 0.319. The molecule has 0 amide bonds. The Bertz CT molecular complexity index is 385. The Kier molecular flexibility index (Phi) is 5.00. The molecule has 1 aliphatic rings. The van der Waals surface area contributed by atoms with Crippen molar-refractivity contribution >= 4 is 0 Å². The van der Waals surface area contributed by atoms with Crippen molar-refractivity contribution in [3.63, 3.8) is 0 Å². The summed E-state index contributed by atoms with van der Waals surface area (Å²) in [7, 11) is 0. The average Bonchev–Trinajstić information content (AvgIpc) is 2.82. The molecular weight excluding hydrogens is 234 g/mol. The molecule has 0 bridgehead atoms. The Morgan fingerprint density at radius 3 is 2.26 bits per heavy atom. The normalized spacial score (nSPS) is 24.9. The highest BCUT2D eigenvalue weighted by Crippen LogP contribution is 2.30. The van der Waals surface area contributed by atoms with Gasteiger partial charge in [0.2, 0.25) is 0 Å². The van der Waals surface area contributed by atoms with Crippen LogP contribution in [0.1, 0.15) is 63.6 Å². The van der Waals surface area contributed by atoms with Gasteiger partial charge in [-0.1, -0.05) is 45.0 Å². The van der Waals surface area contributed by atoms with Crippen LogP contribution in [-0.2, 0) is 4.74 Å². The minimum atomic E-state index is 0.319. The zero-order valence-corrected chi connectivity index (χ0v) is 12.6. The van der Waals surface area contributed by atoms with Gasteiger partial charge in [-0.05, 0) is 43.4 Å². The molecule has 3 atom stereocenters. The van der Waals surface area contributed by atoms with Crippen molar-refractivity contribution in [3.05, 3.63) is 35.4 Å². The lowest BCUT2D eigenvalue weighted by molar-refractivity contribution is 0.0319. The summed E-state index contributed by atoms with van der Waals surface area (Å²) in [6, 6.07) is 9.35. The Morgan fingerprint density at radius 2 is 1.79 bits per heavy atom. The van der Waals surface area contributed by atoms with Gasteiger partial charge in [-0.2, -0.15) is 0 Å². The first-order valence-electron chi connectivity index (χ1n) is 7.60. The molecule has 0 saturated carbocycles. The zero-order chi connectivity index (χ0) is 13.8. The molecule has 1 aliphatic heterocycles. The van der Waals surface area contributed by atoms with E-state index in [2.05, 4.69) is 57.3 Å². The average molecular weight is 261 g/mol. The molecule has 2 heteroatoms. The molecular formula is C17H27NO. The maximum atomic E-state index is 6.05. The fourth-order valence-electron chi connectivity index (χ4n) is 2.85. The van der Waals surface area contributed by atoms with Crippen LogP contribution < -0.4 is 5.32 Å². The summed E-state index contributed by atoms with van der Waals surface area (Å²) >= 11 is 0. The van der Waals surface area contributed by atoms with Crippen molar-refractivity contribution in [3.8, 4) is 0 Å². The van der Waals surface area contributed by atoms with E-state index in [1.54, 1.807) is 0 Å². The number of rotatable bonds is 5. The molecule has 19 heavy (non-hydrogen) atoms. The van der Waals surface area contributed by atoms with Crippen molar-refractivity contribution in [1.29, 1.82) is 0 Å². The Hall–Kier alpha value is -0.860. The van der Waals surface area contributed by atoms with Gasteiger partial charge < -0.3 is 10.1 Å². The van der Waals surface area contributed by atoms with Gasteiger partial charge in [-0.3, -0.25) is 0 Å². The highest BCUT2D eigenvalue weighted by atomic mass is 16.5. The molecule has 2 rings (SSSR count). The quantitative estimate of drug-likeness (QED) is 0.864. The van der Waals surface area contributed by atoms with Crippen molar-refractivity contribution in [2.75, 3.05) is 6.54 Å². The third-order valence-corrected chi connectivity index (χ3v) is 4.02. The molecule has 1 N–H and O–H groups in total. The number of benzene rings is 1. The van der Waals surface area contributed by atoms with Gasteiger partial charge in [-0.15, -0.1) is 0 Å². The molecule has 1 saturated heterocycles. The molecule has 1 aromatic rings. The first-order chi connectivity index (χ1) is 9.11. The lowest BCUT2D eigenvalue weighted by Crippen LogP contribution is -2.32. The van der Waals surface area contributed by atoms with Crippen LogP contribution in [-0.4, -0.2) is 18.8 Å². The Labute approximate surface area is 117 Å². The largest absolute Gasteiger partial charge is 0.373 e. The third kappa shape index (κ3) is 3.58. The number of nitrogens with one attached hydrogen (secondary N) is 1. The predicted molar refractivity (Wildman–Crippen MR) is 80.5 cm³/mol. The van der Waals surface area contributed by atoms with Gasteiger partial charge in [0.15, 0.2) is 0 Å². The molecule has 0 spiro atoms. The van der Waals surface area contributed by atoms with Crippen LogP contribution in [0.3, 0.4) is 0 Å². The smallest absolute Gasteiger partial charge is 0.0774 e. The second-order valence-corrected chi connectivity index (χ2v) is 5.92. The highest BCUT2D eigenvalue weighted by Gasteiger charge is 2.30. The molecule has 1 fully saturated rings. The van der Waals surface area contributed by atoms with E-state index in [1.165, 1.54) is 17.5 Å². The van der Waals surface area contributed by atoms with E-state index >= 15 is 0 Å². The lowest BCUT2D eigenvalue weighted by atomic mass is 9.95. The van der Waals surface area contributed by atoms with E-state index in [0.717, 1.165) is 13.0 Å². The fraction of sp³-hybridized carbons (Fsp3) is 0.647. The molecule has 0 radical (unpaired) electrons. The van der Waals surface area contributed by atoms with Crippen LogP contribution in [0.5, 0.6) is 0 Å². The van der Waals surface area contributed by atoms with Crippen LogP contribution in [0.4, 0.5) is 0 Å². The van der Waals surface area contributed by atoms with E-state index in [4.69, 9.17) is 4.74 Å². The minimum Gasteiger partial charge on any atom is -0.373 e. The van der Waals surface area contributed by atoms with Gasteiger partial charge in [0.1, 0.15) is 0 Å². The van der Waals surface area contributed by atoms with Crippen molar-refractivity contribution in [2.24, 2.45) is 0 Å². The van der Waals surface area contributed by atoms with Crippen LogP contribution >= 0.6 is 0 Å². The van der Waals surface area contributed by atoms with Crippen molar-refractivity contribution in [1.82, 2.24) is 5.32 Å². The van der Waals surface area contributed by atoms with Gasteiger partial charge in [0.05, 0.1) is 18.2 Å². The van der Waals surface area contributed by atoms with Gasteiger partial charge in [-0.25, -0.2) is 0 Å². The van der Waals surface area contributed by atoms with Crippen LogP contribution in [0.25, 0.3) is 0 Å². The molecule has 3 unspecified atom stereocenters. The predicted octanol–water partition coefficient (Wildman–Crippen LogP) is 4.03. The Balaban J connectivity index is 2.14. The van der Waals surface area contributed by atoms with Crippen LogP contribution in [0.15, 0.2) is 24.3 Å². The molecule has 0 aromatic heterocycles. The first-order valence-corrected chi connectivity index (χ1v) is 7.60. The topological polar surface area (TPSA) is 21.3 Å². The van der Waals surface area contributed by atoms with Gasteiger partial charge in [0.25, 0.3) is 0 Å². The van der Waals surface area contributed by atoms with E-state index in [9.17, 15) is 0 Å². The van der Waals surface area contributed by atoms with Crippen molar-refractivity contribution in [2.45, 2.75) is 64.7 Å². The van der Waals surface area contributed by atoms with E-state index in [1.807, 2.05) is 0 Å². The second-order valence-electron chi connectivity index (χ2n) is 5.92.